The second-order valence-corrected chi connectivity index (χ2v) is 8.44. The van der Waals surface area contributed by atoms with E-state index in [4.69, 9.17) is 4.74 Å². The monoisotopic (exact) mass is 478 g/mol. The summed E-state index contributed by atoms with van der Waals surface area (Å²) in [4.78, 5) is 16.8. The summed E-state index contributed by atoms with van der Waals surface area (Å²) in [6.45, 7) is 2.27. The second kappa shape index (κ2) is 8.82. The smallest absolute Gasteiger partial charge is 0.370 e. The molecule has 34 heavy (non-hydrogen) atoms. The van der Waals surface area contributed by atoms with Gasteiger partial charge in [0.05, 0.1) is 13.2 Å². The van der Waals surface area contributed by atoms with Crippen LogP contribution >= 0.6 is 0 Å². The number of hydrogen-bond acceptors (Lipinski definition) is 6. The van der Waals surface area contributed by atoms with Gasteiger partial charge in [0.2, 0.25) is 5.91 Å². The summed E-state index contributed by atoms with van der Waals surface area (Å²) in [7, 11) is 0. The minimum atomic E-state index is -4.66. The van der Waals surface area contributed by atoms with Gasteiger partial charge in [0.15, 0.2) is 5.65 Å². The summed E-state index contributed by atoms with van der Waals surface area (Å²) in [5, 5.41) is 10.8. The van der Waals surface area contributed by atoms with Crippen molar-refractivity contribution in [2.45, 2.75) is 25.1 Å². The fourth-order valence-corrected chi connectivity index (χ4v) is 4.47. The molecule has 0 saturated carbocycles. The van der Waals surface area contributed by atoms with Gasteiger partial charge in [-0.2, -0.15) is 17.7 Å². The number of morpholine rings is 1. The molecule has 0 spiro atoms. The third-order valence-electron chi connectivity index (χ3n) is 6.29. The number of anilines is 1. The molecule has 0 N–H and O–H groups in total. The Balaban J connectivity index is 1.23. The van der Waals surface area contributed by atoms with Crippen molar-refractivity contribution in [2.24, 2.45) is 5.92 Å². The number of carbonyl (C=O) groups excluding carboxylic acids is 1. The minimum Gasteiger partial charge on any atom is -0.370 e. The average molecular weight is 478 g/mol. The summed E-state index contributed by atoms with van der Waals surface area (Å²) in [5.74, 6) is -1.26. The fraction of sp³-hybridized carbons (Fsp3) is 0.455. The molecule has 0 radical (unpaired) electrons. The average Bonchev–Trinajstić information content (AvgIpc) is 3.28. The first-order valence-corrected chi connectivity index (χ1v) is 11.0. The molecule has 4 heterocycles. The van der Waals surface area contributed by atoms with Gasteiger partial charge >= 0.3 is 6.18 Å². The SMILES string of the molecule is O=C(C1CCN(c2ccc3nnc(C(F)(F)F)n3n2)CC1)N1CCOC(c2ccc(F)cc2)C1. The van der Waals surface area contributed by atoms with Crippen LogP contribution in [0.4, 0.5) is 23.4 Å². The lowest BCUT2D eigenvalue weighted by molar-refractivity contribution is -0.146. The normalized spacial score (nSPS) is 20.2. The first kappa shape index (κ1) is 22.5. The van der Waals surface area contributed by atoms with Crippen LogP contribution in [0.2, 0.25) is 0 Å². The minimum absolute atomic E-state index is 0.0177. The number of piperidine rings is 1. The van der Waals surface area contributed by atoms with Gasteiger partial charge in [-0.3, -0.25) is 4.79 Å². The molecule has 12 heteroatoms. The van der Waals surface area contributed by atoms with Crippen molar-refractivity contribution >= 4 is 17.4 Å². The lowest BCUT2D eigenvalue weighted by atomic mass is 9.94. The quantitative estimate of drug-likeness (QED) is 0.539. The molecule has 2 saturated heterocycles. The van der Waals surface area contributed by atoms with Crippen LogP contribution in [0.15, 0.2) is 36.4 Å². The maximum atomic E-state index is 13.2. The van der Waals surface area contributed by atoms with Crippen LogP contribution in [0, 0.1) is 11.7 Å². The summed E-state index contributed by atoms with van der Waals surface area (Å²) in [6, 6.07) is 9.13. The number of ether oxygens (including phenoxy) is 1. The molecule has 2 aromatic heterocycles. The molecule has 0 bridgehead atoms. The van der Waals surface area contributed by atoms with Crippen molar-refractivity contribution < 1.29 is 27.1 Å². The lowest BCUT2D eigenvalue weighted by Crippen LogP contribution is -2.47. The number of alkyl halides is 3. The highest BCUT2D eigenvalue weighted by atomic mass is 19.4. The molecule has 2 aliphatic heterocycles. The van der Waals surface area contributed by atoms with Crippen molar-refractivity contribution in [3.8, 4) is 0 Å². The number of aromatic nitrogens is 4. The van der Waals surface area contributed by atoms with Crippen LogP contribution in [0.25, 0.3) is 5.65 Å². The fourth-order valence-electron chi connectivity index (χ4n) is 4.47. The molecule has 0 aliphatic carbocycles. The molecular formula is C22H22F4N6O2. The number of hydrogen-bond donors (Lipinski definition) is 0. The van der Waals surface area contributed by atoms with E-state index in [9.17, 15) is 22.4 Å². The topological polar surface area (TPSA) is 75.9 Å². The van der Waals surface area contributed by atoms with Gasteiger partial charge in [-0.25, -0.2) is 4.39 Å². The van der Waals surface area contributed by atoms with Crippen LogP contribution < -0.4 is 4.90 Å². The van der Waals surface area contributed by atoms with Crippen LogP contribution in [0.5, 0.6) is 0 Å². The van der Waals surface area contributed by atoms with Gasteiger partial charge in [-0.1, -0.05) is 12.1 Å². The third kappa shape index (κ3) is 4.41. The molecule has 5 rings (SSSR count). The molecule has 180 valence electrons. The molecular weight excluding hydrogens is 456 g/mol. The number of rotatable bonds is 3. The lowest BCUT2D eigenvalue weighted by Gasteiger charge is -2.38. The Morgan fingerprint density at radius 3 is 2.44 bits per heavy atom. The van der Waals surface area contributed by atoms with E-state index in [-0.39, 0.29) is 29.4 Å². The number of fused-ring (bicyclic) bond motifs is 1. The predicted molar refractivity (Wildman–Crippen MR) is 112 cm³/mol. The van der Waals surface area contributed by atoms with Crippen LogP contribution in [0.1, 0.15) is 30.3 Å². The zero-order valence-electron chi connectivity index (χ0n) is 18.1. The Morgan fingerprint density at radius 2 is 1.74 bits per heavy atom. The summed E-state index contributed by atoms with van der Waals surface area (Å²) >= 11 is 0. The molecule has 1 atom stereocenters. The van der Waals surface area contributed by atoms with E-state index in [1.165, 1.54) is 18.2 Å². The maximum absolute atomic E-state index is 13.2. The molecule has 8 nitrogen and oxygen atoms in total. The Bertz CT molecular complexity index is 1170. The highest BCUT2D eigenvalue weighted by Gasteiger charge is 2.38. The van der Waals surface area contributed by atoms with Gasteiger partial charge in [0, 0.05) is 25.6 Å². The highest BCUT2D eigenvalue weighted by molar-refractivity contribution is 5.79. The molecule has 3 aromatic rings. The first-order valence-electron chi connectivity index (χ1n) is 11.0. The van der Waals surface area contributed by atoms with E-state index in [0.717, 1.165) is 5.56 Å². The number of carbonyl (C=O) groups is 1. The number of nitrogens with zero attached hydrogens (tertiary/aromatic N) is 6. The number of amides is 1. The maximum Gasteiger partial charge on any atom is 0.453 e. The van der Waals surface area contributed by atoms with E-state index in [1.807, 2.05) is 4.90 Å². The van der Waals surface area contributed by atoms with E-state index in [1.54, 1.807) is 23.1 Å². The third-order valence-corrected chi connectivity index (χ3v) is 6.29. The Labute approximate surface area is 192 Å². The van der Waals surface area contributed by atoms with Crippen LogP contribution in [-0.2, 0) is 15.7 Å². The Hall–Kier alpha value is -3.28. The van der Waals surface area contributed by atoms with E-state index in [2.05, 4.69) is 15.3 Å². The molecule has 1 unspecified atom stereocenters. The summed E-state index contributed by atoms with van der Waals surface area (Å²) < 4.78 is 59.2. The second-order valence-electron chi connectivity index (χ2n) is 8.44. The number of benzene rings is 1. The van der Waals surface area contributed by atoms with Gasteiger partial charge in [-0.15, -0.1) is 15.3 Å². The van der Waals surface area contributed by atoms with Gasteiger partial charge in [0.25, 0.3) is 5.82 Å². The van der Waals surface area contributed by atoms with Gasteiger partial charge in [-0.05, 0) is 42.7 Å². The molecule has 1 aromatic carbocycles. The van der Waals surface area contributed by atoms with E-state index in [0.29, 0.717) is 56.0 Å². The summed E-state index contributed by atoms with van der Waals surface area (Å²) in [5.41, 5.74) is 0.839. The van der Waals surface area contributed by atoms with Crippen LogP contribution in [-0.4, -0.2) is 63.4 Å². The summed E-state index contributed by atoms with van der Waals surface area (Å²) in [6.07, 6.45) is -3.84. The van der Waals surface area contributed by atoms with Crippen molar-refractivity contribution in [3.05, 3.63) is 53.6 Å². The standard InChI is InChI=1S/C22H22F4N6O2/c23-16-3-1-14(2-4-16)17-13-31(11-12-34-17)20(33)15-7-9-30(10-8-15)19-6-5-18-27-28-21(22(24,25)26)32(18)29-19/h1-6,15,17H,7-13H2. The zero-order chi connectivity index (χ0) is 23.9. The van der Waals surface area contributed by atoms with Crippen molar-refractivity contribution in [1.82, 2.24) is 24.7 Å². The van der Waals surface area contributed by atoms with Crippen LogP contribution in [0.3, 0.4) is 0 Å². The number of halogens is 4. The largest absolute Gasteiger partial charge is 0.453 e. The molecule has 2 fully saturated rings. The van der Waals surface area contributed by atoms with E-state index < -0.39 is 12.0 Å². The zero-order valence-corrected chi connectivity index (χ0v) is 18.1. The van der Waals surface area contributed by atoms with Crippen molar-refractivity contribution in [3.63, 3.8) is 0 Å². The first-order chi connectivity index (χ1) is 16.3. The predicted octanol–water partition coefficient (Wildman–Crippen LogP) is 3.10. The van der Waals surface area contributed by atoms with E-state index >= 15 is 0 Å². The Morgan fingerprint density at radius 1 is 1.00 bits per heavy atom. The Kier molecular flexibility index (Phi) is 5.84. The highest BCUT2D eigenvalue weighted by Crippen LogP contribution is 2.30. The molecule has 1 amide bonds. The van der Waals surface area contributed by atoms with Crippen molar-refractivity contribution in [2.75, 3.05) is 37.7 Å². The molecule has 2 aliphatic rings. The van der Waals surface area contributed by atoms with Gasteiger partial charge in [0.1, 0.15) is 17.7 Å². The van der Waals surface area contributed by atoms with Crippen molar-refractivity contribution in [1.29, 1.82) is 0 Å². The van der Waals surface area contributed by atoms with Gasteiger partial charge < -0.3 is 14.5 Å².